The maximum Gasteiger partial charge on any atom is 0.225 e. The lowest BCUT2D eigenvalue weighted by molar-refractivity contribution is 0.397. The molecule has 1 aromatic heterocycles. The maximum absolute atomic E-state index is 5.73. The van der Waals surface area contributed by atoms with E-state index in [0.29, 0.717) is 23.6 Å². The number of nitrogens with zero attached hydrogens (tertiary/aromatic N) is 2. The molecular weight excluding hydrogens is 226 g/mol. The van der Waals surface area contributed by atoms with Crippen molar-refractivity contribution in [2.45, 2.75) is 19.8 Å². The van der Waals surface area contributed by atoms with E-state index in [4.69, 9.17) is 16.3 Å². The summed E-state index contributed by atoms with van der Waals surface area (Å²) in [7, 11) is 1.59. The van der Waals surface area contributed by atoms with Crippen molar-refractivity contribution in [2.75, 3.05) is 24.9 Å². The van der Waals surface area contributed by atoms with Gasteiger partial charge in [-0.15, -0.1) is 11.6 Å². The molecule has 0 saturated carbocycles. The van der Waals surface area contributed by atoms with Crippen molar-refractivity contribution in [1.29, 1.82) is 0 Å². The number of anilines is 1. The van der Waals surface area contributed by atoms with Crippen LogP contribution in [0.4, 0.5) is 5.95 Å². The van der Waals surface area contributed by atoms with Crippen molar-refractivity contribution in [3.05, 3.63) is 12.3 Å². The molecule has 0 aliphatic heterocycles. The van der Waals surface area contributed by atoms with Gasteiger partial charge in [0.1, 0.15) is 0 Å². The Balaban J connectivity index is 2.46. The van der Waals surface area contributed by atoms with Crippen molar-refractivity contribution in [1.82, 2.24) is 9.97 Å². The summed E-state index contributed by atoms with van der Waals surface area (Å²) in [5.41, 5.74) is 0. The lowest BCUT2D eigenvalue weighted by Crippen LogP contribution is -2.15. The standard InChI is InChI=1S/C11H18ClN3O/c1-3-9(4-6-12)8-14-11-13-7-5-10(15-11)16-2/h5,7,9H,3-4,6,8H2,1-2H3,(H,13,14,15). The monoisotopic (exact) mass is 243 g/mol. The molecule has 5 heteroatoms. The maximum atomic E-state index is 5.73. The fraction of sp³-hybridized carbons (Fsp3) is 0.636. The summed E-state index contributed by atoms with van der Waals surface area (Å²) in [6, 6.07) is 1.72. The first-order chi connectivity index (χ1) is 7.80. The molecule has 16 heavy (non-hydrogen) atoms. The first kappa shape index (κ1) is 13.0. The van der Waals surface area contributed by atoms with Crippen LogP contribution in [0, 0.1) is 5.92 Å². The predicted molar refractivity (Wildman–Crippen MR) is 66.2 cm³/mol. The molecular formula is C11H18ClN3O. The van der Waals surface area contributed by atoms with Gasteiger partial charge in [0.25, 0.3) is 0 Å². The Morgan fingerprint density at radius 2 is 2.38 bits per heavy atom. The molecule has 90 valence electrons. The average Bonchev–Trinajstić information content (AvgIpc) is 2.34. The predicted octanol–water partition coefficient (Wildman–Crippen LogP) is 2.55. The molecule has 0 bridgehead atoms. The number of hydrogen-bond donors (Lipinski definition) is 1. The lowest BCUT2D eigenvalue weighted by Gasteiger charge is -2.14. The molecule has 1 atom stereocenters. The van der Waals surface area contributed by atoms with Crippen LogP contribution in [0.2, 0.25) is 0 Å². The summed E-state index contributed by atoms with van der Waals surface area (Å²) in [5, 5.41) is 3.19. The minimum Gasteiger partial charge on any atom is -0.481 e. The van der Waals surface area contributed by atoms with Gasteiger partial charge in [-0.3, -0.25) is 0 Å². The van der Waals surface area contributed by atoms with E-state index in [1.165, 1.54) is 0 Å². The zero-order chi connectivity index (χ0) is 11.8. The minimum absolute atomic E-state index is 0.562. The molecule has 1 rings (SSSR count). The highest BCUT2D eigenvalue weighted by Gasteiger charge is 2.06. The van der Waals surface area contributed by atoms with Crippen molar-refractivity contribution in [3.8, 4) is 5.88 Å². The van der Waals surface area contributed by atoms with E-state index in [0.717, 1.165) is 19.4 Å². The molecule has 0 spiro atoms. The smallest absolute Gasteiger partial charge is 0.225 e. The van der Waals surface area contributed by atoms with E-state index in [1.54, 1.807) is 19.4 Å². The van der Waals surface area contributed by atoms with E-state index in [9.17, 15) is 0 Å². The van der Waals surface area contributed by atoms with E-state index in [2.05, 4.69) is 22.2 Å². The summed E-state index contributed by atoms with van der Waals surface area (Å²) < 4.78 is 5.02. The molecule has 0 radical (unpaired) electrons. The Kier molecular flexibility index (Phi) is 5.93. The molecule has 0 aliphatic carbocycles. The zero-order valence-electron chi connectivity index (χ0n) is 9.74. The number of halogens is 1. The summed E-state index contributed by atoms with van der Waals surface area (Å²) in [4.78, 5) is 8.30. The fourth-order valence-electron chi connectivity index (χ4n) is 1.38. The molecule has 0 fully saturated rings. The van der Waals surface area contributed by atoms with Crippen molar-refractivity contribution >= 4 is 17.5 Å². The van der Waals surface area contributed by atoms with Crippen LogP contribution in [0.3, 0.4) is 0 Å². The quantitative estimate of drug-likeness (QED) is 0.748. The van der Waals surface area contributed by atoms with E-state index < -0.39 is 0 Å². The zero-order valence-corrected chi connectivity index (χ0v) is 10.5. The topological polar surface area (TPSA) is 47.0 Å². The van der Waals surface area contributed by atoms with Crippen LogP contribution >= 0.6 is 11.6 Å². The normalized spacial score (nSPS) is 12.2. The Hall–Kier alpha value is -1.03. The van der Waals surface area contributed by atoms with Gasteiger partial charge in [-0.1, -0.05) is 13.3 Å². The fourth-order valence-corrected chi connectivity index (χ4v) is 1.69. The average molecular weight is 244 g/mol. The second-order valence-corrected chi connectivity index (χ2v) is 3.93. The number of ether oxygens (including phenoxy) is 1. The second kappa shape index (κ2) is 7.28. The molecule has 1 heterocycles. The Morgan fingerprint density at radius 1 is 1.56 bits per heavy atom. The number of nitrogens with one attached hydrogen (secondary N) is 1. The minimum atomic E-state index is 0.562. The van der Waals surface area contributed by atoms with Gasteiger partial charge in [-0.05, 0) is 12.3 Å². The summed E-state index contributed by atoms with van der Waals surface area (Å²) in [5.74, 6) is 2.43. The third-order valence-corrected chi connectivity index (χ3v) is 2.70. The number of aromatic nitrogens is 2. The van der Waals surface area contributed by atoms with Gasteiger partial charge < -0.3 is 10.1 Å². The van der Waals surface area contributed by atoms with E-state index in [-0.39, 0.29) is 0 Å². The third-order valence-electron chi connectivity index (χ3n) is 2.48. The third kappa shape index (κ3) is 4.23. The Labute approximate surface area is 101 Å². The van der Waals surface area contributed by atoms with Crippen LogP contribution in [0.1, 0.15) is 19.8 Å². The summed E-state index contributed by atoms with van der Waals surface area (Å²) in [6.45, 7) is 3.00. The number of methoxy groups -OCH3 is 1. The van der Waals surface area contributed by atoms with Gasteiger partial charge in [-0.2, -0.15) is 4.98 Å². The Bertz CT molecular complexity index is 309. The SMILES string of the molecule is CCC(CCCl)CNc1nccc(OC)n1. The van der Waals surface area contributed by atoms with Crippen molar-refractivity contribution in [3.63, 3.8) is 0 Å². The highest BCUT2D eigenvalue weighted by Crippen LogP contribution is 2.12. The summed E-state index contributed by atoms with van der Waals surface area (Å²) in [6.07, 6.45) is 3.79. The molecule has 1 unspecified atom stereocenters. The molecule has 1 N–H and O–H groups in total. The number of hydrogen-bond acceptors (Lipinski definition) is 4. The largest absolute Gasteiger partial charge is 0.481 e. The summed E-state index contributed by atoms with van der Waals surface area (Å²) >= 11 is 5.73. The van der Waals surface area contributed by atoms with Crippen molar-refractivity contribution < 1.29 is 4.74 Å². The molecule has 0 aliphatic rings. The van der Waals surface area contributed by atoms with Crippen LogP contribution in [0.15, 0.2) is 12.3 Å². The van der Waals surface area contributed by atoms with Crippen LogP contribution in [0.25, 0.3) is 0 Å². The molecule has 4 nitrogen and oxygen atoms in total. The van der Waals surface area contributed by atoms with E-state index >= 15 is 0 Å². The van der Waals surface area contributed by atoms with Gasteiger partial charge in [0, 0.05) is 24.7 Å². The number of alkyl halides is 1. The lowest BCUT2D eigenvalue weighted by atomic mass is 10.0. The first-order valence-corrected chi connectivity index (χ1v) is 6.00. The van der Waals surface area contributed by atoms with Gasteiger partial charge in [-0.25, -0.2) is 4.98 Å². The van der Waals surface area contributed by atoms with Crippen LogP contribution in [-0.4, -0.2) is 29.5 Å². The molecule has 0 aromatic carbocycles. The van der Waals surface area contributed by atoms with Crippen molar-refractivity contribution in [2.24, 2.45) is 5.92 Å². The molecule has 0 saturated heterocycles. The first-order valence-electron chi connectivity index (χ1n) is 5.47. The molecule has 1 aromatic rings. The van der Waals surface area contributed by atoms with Gasteiger partial charge in [0.15, 0.2) is 0 Å². The van der Waals surface area contributed by atoms with Crippen LogP contribution < -0.4 is 10.1 Å². The van der Waals surface area contributed by atoms with Crippen LogP contribution in [0.5, 0.6) is 5.88 Å². The number of rotatable bonds is 7. The molecule has 0 amide bonds. The highest BCUT2D eigenvalue weighted by atomic mass is 35.5. The van der Waals surface area contributed by atoms with Gasteiger partial charge in [0.05, 0.1) is 7.11 Å². The van der Waals surface area contributed by atoms with Gasteiger partial charge in [0.2, 0.25) is 11.8 Å². The van der Waals surface area contributed by atoms with E-state index in [1.807, 2.05) is 0 Å². The van der Waals surface area contributed by atoms with Gasteiger partial charge >= 0.3 is 0 Å². The van der Waals surface area contributed by atoms with Crippen LogP contribution in [-0.2, 0) is 0 Å². The highest BCUT2D eigenvalue weighted by molar-refractivity contribution is 6.17. The second-order valence-electron chi connectivity index (χ2n) is 3.56. The Morgan fingerprint density at radius 3 is 3.00 bits per heavy atom.